The molecule has 1 amide bonds. The SMILES string of the molecule is COCCNC(=O)C(C)Nc1n[nH]c(=S)s1. The number of rotatable bonds is 6. The van der Waals surface area contributed by atoms with Crippen LogP contribution in [0.1, 0.15) is 6.92 Å². The number of nitrogens with zero attached hydrogens (tertiary/aromatic N) is 1. The van der Waals surface area contributed by atoms with Gasteiger partial charge in [-0.3, -0.25) is 9.89 Å². The number of H-pyrrole nitrogens is 1. The molecular weight excluding hydrogens is 248 g/mol. The lowest BCUT2D eigenvalue weighted by atomic mass is 10.3. The molecule has 1 rings (SSSR count). The fourth-order valence-electron chi connectivity index (χ4n) is 0.972. The number of carbonyl (C=O) groups is 1. The first-order valence-corrected chi connectivity index (χ1v) is 5.94. The Labute approximate surface area is 102 Å². The monoisotopic (exact) mass is 262 g/mol. The molecule has 1 aromatic rings. The molecule has 90 valence electrons. The van der Waals surface area contributed by atoms with Crippen LogP contribution in [-0.4, -0.2) is 42.4 Å². The van der Waals surface area contributed by atoms with Gasteiger partial charge in [0.25, 0.3) is 0 Å². The molecule has 0 aliphatic carbocycles. The number of anilines is 1. The van der Waals surface area contributed by atoms with Gasteiger partial charge in [-0.15, -0.1) is 5.10 Å². The number of methoxy groups -OCH3 is 1. The van der Waals surface area contributed by atoms with E-state index in [9.17, 15) is 4.79 Å². The zero-order chi connectivity index (χ0) is 12.0. The summed E-state index contributed by atoms with van der Waals surface area (Å²) in [5, 5.41) is 12.8. The van der Waals surface area contributed by atoms with Gasteiger partial charge in [-0.25, -0.2) is 0 Å². The molecule has 8 heteroatoms. The molecule has 1 atom stereocenters. The Kier molecular flexibility index (Phi) is 5.36. The van der Waals surface area contributed by atoms with Crippen LogP contribution in [-0.2, 0) is 9.53 Å². The van der Waals surface area contributed by atoms with Crippen molar-refractivity contribution in [2.75, 3.05) is 25.6 Å². The third-order valence-electron chi connectivity index (χ3n) is 1.78. The Hall–Kier alpha value is -0.990. The minimum Gasteiger partial charge on any atom is -0.383 e. The Balaban J connectivity index is 2.36. The second kappa shape index (κ2) is 6.56. The van der Waals surface area contributed by atoms with E-state index < -0.39 is 0 Å². The molecule has 0 fully saturated rings. The summed E-state index contributed by atoms with van der Waals surface area (Å²) >= 11 is 6.17. The largest absolute Gasteiger partial charge is 0.383 e. The van der Waals surface area contributed by atoms with E-state index in [-0.39, 0.29) is 11.9 Å². The molecule has 0 aliphatic rings. The van der Waals surface area contributed by atoms with Crippen LogP contribution in [0.25, 0.3) is 0 Å². The van der Waals surface area contributed by atoms with Gasteiger partial charge < -0.3 is 15.4 Å². The van der Waals surface area contributed by atoms with Crippen molar-refractivity contribution in [2.24, 2.45) is 0 Å². The number of carbonyl (C=O) groups excluding carboxylic acids is 1. The van der Waals surface area contributed by atoms with Crippen molar-refractivity contribution in [2.45, 2.75) is 13.0 Å². The van der Waals surface area contributed by atoms with Gasteiger partial charge in [0.1, 0.15) is 6.04 Å². The summed E-state index contributed by atoms with van der Waals surface area (Å²) in [6, 6.07) is -0.356. The molecule has 0 saturated heterocycles. The van der Waals surface area contributed by atoms with Crippen molar-refractivity contribution in [3.05, 3.63) is 3.95 Å². The number of nitrogens with one attached hydrogen (secondary N) is 3. The minimum atomic E-state index is -0.356. The maximum absolute atomic E-state index is 11.5. The van der Waals surface area contributed by atoms with E-state index in [1.54, 1.807) is 14.0 Å². The highest BCUT2D eigenvalue weighted by atomic mass is 32.1. The molecule has 0 aromatic carbocycles. The first-order valence-electron chi connectivity index (χ1n) is 4.72. The fraction of sp³-hybridized carbons (Fsp3) is 0.625. The number of hydrogen-bond donors (Lipinski definition) is 3. The number of hydrogen-bond acceptors (Lipinski definition) is 6. The van der Waals surface area contributed by atoms with Gasteiger partial charge in [-0.05, 0) is 19.1 Å². The predicted molar refractivity (Wildman–Crippen MR) is 65.3 cm³/mol. The fourth-order valence-corrected chi connectivity index (χ4v) is 1.85. The zero-order valence-electron chi connectivity index (χ0n) is 9.07. The molecule has 1 unspecified atom stereocenters. The molecular formula is C8H14N4O2S2. The van der Waals surface area contributed by atoms with E-state index in [4.69, 9.17) is 17.0 Å². The minimum absolute atomic E-state index is 0.0989. The molecule has 1 heterocycles. The summed E-state index contributed by atoms with van der Waals surface area (Å²) in [6.07, 6.45) is 0. The van der Waals surface area contributed by atoms with Gasteiger partial charge in [0, 0.05) is 13.7 Å². The van der Waals surface area contributed by atoms with Gasteiger partial charge >= 0.3 is 0 Å². The Morgan fingerprint density at radius 2 is 2.50 bits per heavy atom. The van der Waals surface area contributed by atoms with Gasteiger partial charge in [0.2, 0.25) is 11.0 Å². The number of aromatic nitrogens is 2. The lowest BCUT2D eigenvalue weighted by molar-refractivity contribution is -0.121. The van der Waals surface area contributed by atoms with Crippen LogP contribution in [0.2, 0.25) is 0 Å². The zero-order valence-corrected chi connectivity index (χ0v) is 10.7. The Morgan fingerprint density at radius 1 is 1.75 bits per heavy atom. The Morgan fingerprint density at radius 3 is 3.06 bits per heavy atom. The molecule has 3 N–H and O–H groups in total. The maximum atomic E-state index is 11.5. The highest BCUT2D eigenvalue weighted by Crippen LogP contribution is 2.11. The highest BCUT2D eigenvalue weighted by molar-refractivity contribution is 7.73. The lowest BCUT2D eigenvalue weighted by Gasteiger charge is -2.12. The summed E-state index contributed by atoms with van der Waals surface area (Å²) in [5.74, 6) is -0.0989. The van der Waals surface area contributed by atoms with Gasteiger partial charge in [-0.2, -0.15) is 0 Å². The summed E-state index contributed by atoms with van der Waals surface area (Å²) in [5.41, 5.74) is 0. The van der Waals surface area contributed by atoms with Crippen molar-refractivity contribution in [3.63, 3.8) is 0 Å². The third kappa shape index (κ3) is 4.25. The third-order valence-corrected chi connectivity index (χ3v) is 2.80. The highest BCUT2D eigenvalue weighted by Gasteiger charge is 2.12. The van der Waals surface area contributed by atoms with Crippen LogP contribution in [0.5, 0.6) is 0 Å². The van der Waals surface area contributed by atoms with Gasteiger partial charge in [-0.1, -0.05) is 11.3 Å². The van der Waals surface area contributed by atoms with E-state index in [0.29, 0.717) is 22.2 Å². The molecule has 6 nitrogen and oxygen atoms in total. The maximum Gasteiger partial charge on any atom is 0.242 e. The molecule has 0 bridgehead atoms. The van der Waals surface area contributed by atoms with Crippen LogP contribution in [0, 0.1) is 3.95 Å². The van der Waals surface area contributed by atoms with E-state index >= 15 is 0 Å². The summed E-state index contributed by atoms with van der Waals surface area (Å²) in [4.78, 5) is 11.5. The smallest absolute Gasteiger partial charge is 0.242 e. The van der Waals surface area contributed by atoms with E-state index in [1.807, 2.05) is 0 Å². The number of ether oxygens (including phenoxy) is 1. The average Bonchev–Trinajstić information content (AvgIpc) is 2.64. The van der Waals surface area contributed by atoms with E-state index in [2.05, 4.69) is 20.8 Å². The first-order chi connectivity index (χ1) is 7.63. The standard InChI is InChI=1S/C8H14N4O2S2/c1-5(6(13)9-3-4-14-2)10-7-11-12-8(15)16-7/h5H,3-4H2,1-2H3,(H,9,13)(H,10,11)(H,12,15). The molecule has 16 heavy (non-hydrogen) atoms. The van der Waals surface area contributed by atoms with Crippen LogP contribution < -0.4 is 10.6 Å². The van der Waals surface area contributed by atoms with Crippen LogP contribution in [0.4, 0.5) is 5.13 Å². The molecule has 0 saturated carbocycles. The van der Waals surface area contributed by atoms with Crippen molar-refractivity contribution >= 4 is 34.6 Å². The van der Waals surface area contributed by atoms with Crippen LogP contribution in [0.15, 0.2) is 0 Å². The van der Waals surface area contributed by atoms with Crippen LogP contribution >= 0.6 is 23.6 Å². The lowest BCUT2D eigenvalue weighted by Crippen LogP contribution is -2.39. The first kappa shape index (κ1) is 13.1. The number of amides is 1. The van der Waals surface area contributed by atoms with Crippen molar-refractivity contribution in [1.29, 1.82) is 0 Å². The summed E-state index contributed by atoms with van der Waals surface area (Å²) in [6.45, 7) is 2.75. The second-order valence-electron chi connectivity index (χ2n) is 3.07. The van der Waals surface area contributed by atoms with E-state index in [1.165, 1.54) is 11.3 Å². The molecule has 0 radical (unpaired) electrons. The average molecular weight is 262 g/mol. The quantitative estimate of drug-likeness (QED) is 0.521. The van der Waals surface area contributed by atoms with E-state index in [0.717, 1.165) is 0 Å². The molecule has 0 aliphatic heterocycles. The normalized spacial score (nSPS) is 12.1. The van der Waals surface area contributed by atoms with Crippen molar-refractivity contribution in [1.82, 2.24) is 15.5 Å². The summed E-state index contributed by atoms with van der Waals surface area (Å²) < 4.78 is 5.41. The van der Waals surface area contributed by atoms with Crippen LogP contribution in [0.3, 0.4) is 0 Å². The Bertz CT molecular complexity index is 389. The van der Waals surface area contributed by atoms with Crippen molar-refractivity contribution < 1.29 is 9.53 Å². The topological polar surface area (TPSA) is 79.0 Å². The predicted octanol–water partition coefficient (Wildman–Crippen LogP) is 0.764. The van der Waals surface area contributed by atoms with Gasteiger partial charge in [0.05, 0.1) is 6.61 Å². The number of aromatic amines is 1. The second-order valence-corrected chi connectivity index (χ2v) is 4.73. The molecule has 0 spiro atoms. The molecule has 1 aromatic heterocycles. The summed E-state index contributed by atoms with van der Waals surface area (Å²) in [7, 11) is 1.59. The van der Waals surface area contributed by atoms with Crippen molar-refractivity contribution in [3.8, 4) is 0 Å². The van der Waals surface area contributed by atoms with Gasteiger partial charge in [0.15, 0.2) is 3.95 Å².